The first-order valence-electron chi connectivity index (χ1n) is 10.6. The SMILES string of the molecule is COc1ccccc1S(=O)(=O)N[C@@H]1CC[C@H](CCNC(=O)C2CCCC2)O[C@H]1CO. The summed E-state index contributed by atoms with van der Waals surface area (Å²) in [6.45, 7) is 0.236. The lowest BCUT2D eigenvalue weighted by molar-refractivity contribution is -0.125. The molecule has 0 radical (unpaired) electrons. The minimum atomic E-state index is -3.82. The molecule has 1 amide bonds. The van der Waals surface area contributed by atoms with Gasteiger partial charge in [-0.2, -0.15) is 0 Å². The van der Waals surface area contributed by atoms with Crippen LogP contribution in [-0.4, -0.2) is 57.9 Å². The number of benzene rings is 1. The Morgan fingerprint density at radius 2 is 1.93 bits per heavy atom. The molecule has 2 aliphatic rings. The van der Waals surface area contributed by atoms with Crippen LogP contribution in [0.2, 0.25) is 0 Å². The number of para-hydroxylation sites is 1. The predicted octanol–water partition coefficient (Wildman–Crippen LogP) is 1.58. The topological polar surface area (TPSA) is 114 Å². The summed E-state index contributed by atoms with van der Waals surface area (Å²) in [5.74, 6) is 0.513. The molecule has 0 unspecified atom stereocenters. The van der Waals surface area contributed by atoms with Crippen molar-refractivity contribution < 1.29 is 27.8 Å². The fourth-order valence-corrected chi connectivity index (χ4v) is 5.74. The standard InChI is InChI=1S/C21H32N2O6S/c1-28-18-8-4-5-9-20(18)30(26,27)23-17-11-10-16(29-19(17)14-24)12-13-22-21(25)15-6-2-3-7-15/h4-5,8-9,15-17,19,23-24H,2-3,6-7,10-14H2,1H3,(H,22,25)/t16-,17-,19+/m1/s1. The molecule has 3 atom stereocenters. The first kappa shape index (κ1) is 23.0. The van der Waals surface area contributed by atoms with Gasteiger partial charge in [0.15, 0.2) is 0 Å². The lowest BCUT2D eigenvalue weighted by Gasteiger charge is -2.36. The van der Waals surface area contributed by atoms with Crippen molar-refractivity contribution in [2.75, 3.05) is 20.3 Å². The molecule has 2 fully saturated rings. The predicted molar refractivity (Wildman–Crippen MR) is 112 cm³/mol. The van der Waals surface area contributed by atoms with Gasteiger partial charge in [0, 0.05) is 12.5 Å². The van der Waals surface area contributed by atoms with Crippen LogP contribution in [0.15, 0.2) is 29.2 Å². The highest BCUT2D eigenvalue weighted by molar-refractivity contribution is 7.89. The Bertz CT molecular complexity index is 809. The van der Waals surface area contributed by atoms with E-state index in [1.807, 2.05) is 0 Å². The van der Waals surface area contributed by atoms with Gasteiger partial charge in [0.2, 0.25) is 15.9 Å². The van der Waals surface area contributed by atoms with E-state index in [0.717, 1.165) is 25.7 Å². The van der Waals surface area contributed by atoms with Crippen LogP contribution in [0.25, 0.3) is 0 Å². The highest BCUT2D eigenvalue weighted by Gasteiger charge is 2.34. The summed E-state index contributed by atoms with van der Waals surface area (Å²) in [4.78, 5) is 12.2. The molecule has 3 rings (SSSR count). The van der Waals surface area contributed by atoms with E-state index >= 15 is 0 Å². The zero-order valence-corrected chi connectivity index (χ0v) is 18.2. The summed E-state index contributed by atoms with van der Waals surface area (Å²) in [6.07, 6.45) is 5.23. The lowest BCUT2D eigenvalue weighted by Crippen LogP contribution is -2.51. The van der Waals surface area contributed by atoms with Gasteiger partial charge in [-0.25, -0.2) is 13.1 Å². The van der Waals surface area contributed by atoms with Gasteiger partial charge in [-0.15, -0.1) is 0 Å². The number of nitrogens with one attached hydrogen (secondary N) is 2. The number of carbonyl (C=O) groups is 1. The maximum Gasteiger partial charge on any atom is 0.244 e. The van der Waals surface area contributed by atoms with Crippen LogP contribution >= 0.6 is 0 Å². The average molecular weight is 441 g/mol. The molecule has 1 saturated heterocycles. The Balaban J connectivity index is 1.52. The van der Waals surface area contributed by atoms with E-state index in [1.165, 1.54) is 13.2 Å². The van der Waals surface area contributed by atoms with E-state index in [1.54, 1.807) is 18.2 Å². The van der Waals surface area contributed by atoms with Crippen LogP contribution < -0.4 is 14.8 Å². The molecule has 1 aromatic rings. The Kier molecular flexibility index (Phi) is 8.10. The van der Waals surface area contributed by atoms with E-state index in [9.17, 15) is 18.3 Å². The summed E-state index contributed by atoms with van der Waals surface area (Å²) in [5.41, 5.74) is 0. The van der Waals surface area contributed by atoms with Crippen molar-refractivity contribution in [1.82, 2.24) is 10.0 Å². The first-order chi connectivity index (χ1) is 14.4. The molecule has 0 bridgehead atoms. The number of ether oxygens (including phenoxy) is 2. The third kappa shape index (κ3) is 5.72. The van der Waals surface area contributed by atoms with Gasteiger partial charge < -0.3 is 19.9 Å². The molecule has 168 valence electrons. The lowest BCUT2D eigenvalue weighted by atomic mass is 9.98. The van der Waals surface area contributed by atoms with Crippen molar-refractivity contribution in [1.29, 1.82) is 0 Å². The highest BCUT2D eigenvalue weighted by atomic mass is 32.2. The fraction of sp³-hybridized carbons (Fsp3) is 0.667. The number of rotatable bonds is 9. The van der Waals surface area contributed by atoms with E-state index < -0.39 is 22.2 Å². The van der Waals surface area contributed by atoms with Crippen LogP contribution in [0.1, 0.15) is 44.9 Å². The molecule has 3 N–H and O–H groups in total. The van der Waals surface area contributed by atoms with Crippen LogP contribution in [0, 0.1) is 5.92 Å². The number of aliphatic hydroxyl groups is 1. The van der Waals surface area contributed by atoms with Crippen molar-refractivity contribution in [2.24, 2.45) is 5.92 Å². The summed E-state index contributed by atoms with van der Waals surface area (Å²) in [6, 6.07) is 5.87. The number of carbonyl (C=O) groups excluding carboxylic acids is 1. The Morgan fingerprint density at radius 1 is 1.20 bits per heavy atom. The van der Waals surface area contributed by atoms with Crippen molar-refractivity contribution >= 4 is 15.9 Å². The Hall–Kier alpha value is -1.68. The number of hydrogen-bond acceptors (Lipinski definition) is 6. The maximum atomic E-state index is 12.8. The molecule has 0 spiro atoms. The summed E-state index contributed by atoms with van der Waals surface area (Å²) in [5, 5.41) is 12.7. The van der Waals surface area contributed by atoms with Crippen molar-refractivity contribution in [3.8, 4) is 5.75 Å². The van der Waals surface area contributed by atoms with Gasteiger partial charge in [-0.1, -0.05) is 25.0 Å². The smallest absolute Gasteiger partial charge is 0.244 e. The summed E-state index contributed by atoms with van der Waals surface area (Å²) < 4.78 is 39.4. The largest absolute Gasteiger partial charge is 0.495 e. The number of amides is 1. The first-order valence-corrected chi connectivity index (χ1v) is 12.1. The van der Waals surface area contributed by atoms with E-state index in [2.05, 4.69) is 10.0 Å². The minimum absolute atomic E-state index is 0.0564. The second-order valence-corrected chi connectivity index (χ2v) is 9.68. The minimum Gasteiger partial charge on any atom is -0.495 e. The maximum absolute atomic E-state index is 12.8. The Morgan fingerprint density at radius 3 is 2.63 bits per heavy atom. The summed E-state index contributed by atoms with van der Waals surface area (Å²) >= 11 is 0. The monoisotopic (exact) mass is 440 g/mol. The zero-order valence-electron chi connectivity index (χ0n) is 17.4. The molecule has 1 aromatic carbocycles. The van der Waals surface area contributed by atoms with Gasteiger partial charge in [0.1, 0.15) is 10.6 Å². The van der Waals surface area contributed by atoms with Crippen LogP contribution in [0.3, 0.4) is 0 Å². The zero-order chi connectivity index (χ0) is 21.6. The van der Waals surface area contributed by atoms with Crippen molar-refractivity contribution in [2.45, 2.75) is 68.1 Å². The van der Waals surface area contributed by atoms with Crippen molar-refractivity contribution in [3.63, 3.8) is 0 Å². The van der Waals surface area contributed by atoms with Crippen molar-refractivity contribution in [3.05, 3.63) is 24.3 Å². The number of aliphatic hydroxyl groups excluding tert-OH is 1. The quantitative estimate of drug-likeness (QED) is 0.537. The van der Waals surface area contributed by atoms with Gasteiger partial charge in [0.05, 0.1) is 32.0 Å². The van der Waals surface area contributed by atoms with Gasteiger partial charge >= 0.3 is 0 Å². The molecule has 9 heteroatoms. The van der Waals surface area contributed by atoms with E-state index in [4.69, 9.17) is 9.47 Å². The molecule has 0 aromatic heterocycles. The second-order valence-electron chi connectivity index (χ2n) is 8.00. The third-order valence-corrected chi connectivity index (χ3v) is 7.48. The third-order valence-electron chi connectivity index (χ3n) is 5.95. The average Bonchev–Trinajstić information content (AvgIpc) is 3.29. The summed E-state index contributed by atoms with van der Waals surface area (Å²) in [7, 11) is -2.40. The molecule has 1 saturated carbocycles. The number of hydrogen-bond donors (Lipinski definition) is 3. The van der Waals surface area contributed by atoms with Crippen LogP contribution in [0.4, 0.5) is 0 Å². The molecule has 8 nitrogen and oxygen atoms in total. The normalized spacial score (nSPS) is 25.2. The van der Waals surface area contributed by atoms with Gasteiger partial charge in [-0.3, -0.25) is 4.79 Å². The van der Waals surface area contributed by atoms with Crippen LogP contribution in [-0.2, 0) is 19.6 Å². The number of methoxy groups -OCH3 is 1. The van der Waals surface area contributed by atoms with Gasteiger partial charge in [0.25, 0.3) is 0 Å². The molecule has 1 aliphatic heterocycles. The molecule has 1 aliphatic carbocycles. The second kappa shape index (κ2) is 10.6. The number of sulfonamides is 1. The molecule has 30 heavy (non-hydrogen) atoms. The van der Waals surface area contributed by atoms with Crippen LogP contribution in [0.5, 0.6) is 5.75 Å². The fourth-order valence-electron chi connectivity index (χ4n) is 4.27. The molecular weight excluding hydrogens is 408 g/mol. The Labute approximate surface area is 178 Å². The van der Waals surface area contributed by atoms with E-state index in [-0.39, 0.29) is 35.2 Å². The highest BCUT2D eigenvalue weighted by Crippen LogP contribution is 2.27. The van der Waals surface area contributed by atoms with Gasteiger partial charge in [-0.05, 0) is 44.2 Å². The molecule has 1 heterocycles. The van der Waals surface area contributed by atoms with E-state index in [0.29, 0.717) is 25.8 Å². The molecular formula is C21H32N2O6S.